The van der Waals surface area contributed by atoms with Gasteiger partial charge in [0.1, 0.15) is 11.5 Å². The van der Waals surface area contributed by atoms with Gasteiger partial charge in [-0.2, -0.15) is 0 Å². The molecule has 0 aliphatic heterocycles. The van der Waals surface area contributed by atoms with Crippen LogP contribution in [-0.4, -0.2) is 22.6 Å². The minimum Gasteiger partial charge on any atom is -0.507 e. The Balaban J connectivity index is 1.90. The number of rotatable bonds is 8. The Kier molecular flexibility index (Phi) is 8.27. The lowest BCUT2D eigenvalue weighted by atomic mass is 9.96. The lowest BCUT2D eigenvalue weighted by Crippen LogP contribution is -1.96. The highest BCUT2D eigenvalue weighted by Crippen LogP contribution is 2.30. The van der Waals surface area contributed by atoms with E-state index in [0.29, 0.717) is 11.8 Å². The number of aliphatic imine (C=N–C) groups is 2. The standard InChI is InChI=1S/C30H36N2O2/c1-7-21-12-23(19(3)4)14-25(29(21)33)17-31-27-10-9-11-28(16-27)32-18-26-15-24(20(5)6)13-22(8-2)30(26)34/h9-20,33-34H,7-8H2,1-6H3. The summed E-state index contributed by atoms with van der Waals surface area (Å²) >= 11 is 0. The average molecular weight is 457 g/mol. The van der Waals surface area contributed by atoms with E-state index in [2.05, 4.69) is 49.8 Å². The van der Waals surface area contributed by atoms with E-state index in [1.807, 2.05) is 50.2 Å². The fourth-order valence-electron chi connectivity index (χ4n) is 3.83. The topological polar surface area (TPSA) is 65.2 Å². The highest BCUT2D eigenvalue weighted by atomic mass is 16.3. The second kappa shape index (κ2) is 11.1. The molecule has 3 aromatic carbocycles. The number of phenols is 2. The minimum absolute atomic E-state index is 0.289. The molecule has 3 aromatic rings. The van der Waals surface area contributed by atoms with Gasteiger partial charge in [-0.1, -0.05) is 59.7 Å². The van der Waals surface area contributed by atoms with Crippen molar-refractivity contribution in [2.24, 2.45) is 9.98 Å². The third-order valence-corrected chi connectivity index (χ3v) is 6.11. The maximum absolute atomic E-state index is 10.6. The summed E-state index contributed by atoms with van der Waals surface area (Å²) in [5.74, 6) is 1.32. The zero-order valence-corrected chi connectivity index (χ0v) is 21.1. The predicted molar refractivity (Wildman–Crippen MR) is 144 cm³/mol. The molecule has 0 aromatic heterocycles. The summed E-state index contributed by atoms with van der Waals surface area (Å²) in [6.07, 6.45) is 4.97. The average Bonchev–Trinajstić information content (AvgIpc) is 2.82. The first-order chi connectivity index (χ1) is 16.2. The first kappa shape index (κ1) is 25.2. The number of aryl methyl sites for hydroxylation is 2. The minimum atomic E-state index is 0.289. The summed E-state index contributed by atoms with van der Waals surface area (Å²) in [6, 6.07) is 15.8. The molecule has 0 unspecified atom stereocenters. The summed E-state index contributed by atoms with van der Waals surface area (Å²) < 4.78 is 0. The van der Waals surface area contributed by atoms with Crippen molar-refractivity contribution < 1.29 is 10.2 Å². The second-order valence-corrected chi connectivity index (χ2v) is 9.29. The maximum Gasteiger partial charge on any atom is 0.127 e. The number of benzene rings is 3. The molecule has 34 heavy (non-hydrogen) atoms. The van der Waals surface area contributed by atoms with E-state index in [1.165, 1.54) is 11.1 Å². The van der Waals surface area contributed by atoms with Gasteiger partial charge in [0.05, 0.1) is 11.4 Å². The van der Waals surface area contributed by atoms with Gasteiger partial charge in [-0.3, -0.25) is 9.98 Å². The van der Waals surface area contributed by atoms with Crippen molar-refractivity contribution in [3.05, 3.63) is 81.9 Å². The van der Waals surface area contributed by atoms with Gasteiger partial charge in [0.15, 0.2) is 0 Å². The summed E-state index contributed by atoms with van der Waals surface area (Å²) in [5.41, 5.74) is 7.17. The molecular weight excluding hydrogens is 420 g/mol. The summed E-state index contributed by atoms with van der Waals surface area (Å²) in [4.78, 5) is 9.21. The highest BCUT2D eigenvalue weighted by molar-refractivity contribution is 5.88. The molecular formula is C30H36N2O2. The van der Waals surface area contributed by atoms with E-state index < -0.39 is 0 Å². The second-order valence-electron chi connectivity index (χ2n) is 9.29. The van der Waals surface area contributed by atoms with Crippen LogP contribution in [0.5, 0.6) is 11.5 Å². The van der Waals surface area contributed by atoms with Crippen molar-refractivity contribution in [3.63, 3.8) is 0 Å². The van der Waals surface area contributed by atoms with Gasteiger partial charge in [0.25, 0.3) is 0 Å². The number of aromatic hydroxyl groups is 2. The van der Waals surface area contributed by atoms with Crippen LogP contribution in [0.2, 0.25) is 0 Å². The zero-order valence-electron chi connectivity index (χ0n) is 21.1. The van der Waals surface area contributed by atoms with Crippen molar-refractivity contribution in [3.8, 4) is 11.5 Å². The molecule has 2 N–H and O–H groups in total. The molecule has 0 heterocycles. The molecule has 4 nitrogen and oxygen atoms in total. The smallest absolute Gasteiger partial charge is 0.127 e. The molecule has 0 aliphatic rings. The van der Waals surface area contributed by atoms with Gasteiger partial charge in [0, 0.05) is 23.6 Å². The zero-order chi connectivity index (χ0) is 24.8. The van der Waals surface area contributed by atoms with Crippen LogP contribution in [0, 0.1) is 0 Å². The molecule has 0 bridgehead atoms. The molecule has 0 spiro atoms. The van der Waals surface area contributed by atoms with Crippen LogP contribution in [0.4, 0.5) is 11.4 Å². The van der Waals surface area contributed by atoms with Crippen molar-refractivity contribution in [1.82, 2.24) is 0 Å². The molecule has 0 atom stereocenters. The first-order valence-electron chi connectivity index (χ1n) is 12.1. The van der Waals surface area contributed by atoms with Crippen molar-refractivity contribution in [2.45, 2.75) is 66.2 Å². The summed E-state index contributed by atoms with van der Waals surface area (Å²) in [5, 5.41) is 21.3. The van der Waals surface area contributed by atoms with Crippen LogP contribution in [0.15, 0.2) is 58.5 Å². The van der Waals surface area contributed by atoms with E-state index in [4.69, 9.17) is 0 Å². The number of hydrogen-bond donors (Lipinski definition) is 2. The molecule has 4 heteroatoms. The molecule has 0 fully saturated rings. The Morgan fingerprint density at radius 1 is 0.676 bits per heavy atom. The Morgan fingerprint density at radius 2 is 1.09 bits per heavy atom. The Hall–Kier alpha value is -3.40. The Morgan fingerprint density at radius 3 is 1.44 bits per heavy atom. The Bertz CT molecular complexity index is 1120. The molecule has 178 valence electrons. The number of hydrogen-bond acceptors (Lipinski definition) is 4. The van der Waals surface area contributed by atoms with Crippen molar-refractivity contribution >= 4 is 23.8 Å². The first-order valence-corrected chi connectivity index (χ1v) is 12.1. The van der Waals surface area contributed by atoms with Crippen LogP contribution in [0.1, 0.15) is 86.8 Å². The number of nitrogens with zero attached hydrogens (tertiary/aromatic N) is 2. The third kappa shape index (κ3) is 5.93. The molecule has 0 saturated heterocycles. The SMILES string of the molecule is CCc1cc(C(C)C)cc(C=Nc2cccc(N=Cc3cc(C(C)C)cc(CC)c3O)c2)c1O. The van der Waals surface area contributed by atoms with E-state index >= 15 is 0 Å². The van der Waals surface area contributed by atoms with Crippen molar-refractivity contribution in [1.29, 1.82) is 0 Å². The number of phenolic OH excluding ortho intramolecular Hbond substituents is 2. The van der Waals surface area contributed by atoms with Crippen LogP contribution in [-0.2, 0) is 12.8 Å². The van der Waals surface area contributed by atoms with Gasteiger partial charge >= 0.3 is 0 Å². The van der Waals surface area contributed by atoms with Gasteiger partial charge in [-0.15, -0.1) is 0 Å². The van der Waals surface area contributed by atoms with Gasteiger partial charge in [-0.05, 0) is 77.3 Å². The maximum atomic E-state index is 10.6. The lowest BCUT2D eigenvalue weighted by Gasteiger charge is -2.12. The van der Waals surface area contributed by atoms with Crippen LogP contribution < -0.4 is 0 Å². The Labute approximate surface area is 203 Å². The largest absolute Gasteiger partial charge is 0.507 e. The summed E-state index contributed by atoms with van der Waals surface area (Å²) in [7, 11) is 0. The predicted octanol–water partition coefficient (Wildman–Crippen LogP) is 7.97. The molecule has 0 amide bonds. The normalized spacial score (nSPS) is 12.0. The molecule has 0 aliphatic carbocycles. The lowest BCUT2D eigenvalue weighted by molar-refractivity contribution is 0.467. The quantitative estimate of drug-likeness (QED) is 0.338. The van der Waals surface area contributed by atoms with Gasteiger partial charge in [0.2, 0.25) is 0 Å². The fraction of sp³-hybridized carbons (Fsp3) is 0.333. The monoisotopic (exact) mass is 456 g/mol. The van der Waals surface area contributed by atoms with Gasteiger partial charge < -0.3 is 10.2 Å². The van der Waals surface area contributed by atoms with E-state index in [-0.39, 0.29) is 11.5 Å². The molecule has 0 radical (unpaired) electrons. The van der Waals surface area contributed by atoms with E-state index in [0.717, 1.165) is 46.5 Å². The van der Waals surface area contributed by atoms with E-state index in [9.17, 15) is 10.2 Å². The molecule has 3 rings (SSSR count). The fourth-order valence-corrected chi connectivity index (χ4v) is 3.83. The van der Waals surface area contributed by atoms with Crippen molar-refractivity contribution in [2.75, 3.05) is 0 Å². The third-order valence-electron chi connectivity index (χ3n) is 6.11. The molecule has 0 saturated carbocycles. The van der Waals surface area contributed by atoms with Crippen LogP contribution >= 0.6 is 0 Å². The van der Waals surface area contributed by atoms with Gasteiger partial charge in [-0.25, -0.2) is 0 Å². The van der Waals surface area contributed by atoms with Crippen LogP contribution in [0.25, 0.3) is 0 Å². The van der Waals surface area contributed by atoms with Crippen LogP contribution in [0.3, 0.4) is 0 Å². The van der Waals surface area contributed by atoms with E-state index in [1.54, 1.807) is 12.4 Å². The highest BCUT2D eigenvalue weighted by Gasteiger charge is 2.11. The summed E-state index contributed by atoms with van der Waals surface area (Å²) in [6.45, 7) is 12.7.